The molecular weight excluding hydrogens is 388 g/mol. The van der Waals surface area contributed by atoms with E-state index in [0.29, 0.717) is 12.1 Å². The Kier molecular flexibility index (Phi) is 6.18. The molecule has 3 aromatic carbocycles. The van der Waals surface area contributed by atoms with Crippen molar-refractivity contribution in [3.8, 4) is 16.9 Å². The van der Waals surface area contributed by atoms with Gasteiger partial charge in [0.1, 0.15) is 0 Å². The number of hydrogen-bond acceptors (Lipinski definition) is 3. The van der Waals surface area contributed by atoms with Crippen molar-refractivity contribution in [3.63, 3.8) is 0 Å². The summed E-state index contributed by atoms with van der Waals surface area (Å²) in [4.78, 5) is 24.4. The summed E-state index contributed by atoms with van der Waals surface area (Å²) < 4.78 is 1.81. The number of amides is 2. The summed E-state index contributed by atoms with van der Waals surface area (Å²) in [5.41, 5.74) is 4.12. The van der Waals surface area contributed by atoms with Gasteiger partial charge in [-0.2, -0.15) is 5.10 Å². The molecule has 154 valence electrons. The minimum atomic E-state index is -0.280. The van der Waals surface area contributed by atoms with Crippen LogP contribution in [0.5, 0.6) is 0 Å². The van der Waals surface area contributed by atoms with E-state index in [9.17, 15) is 9.59 Å². The van der Waals surface area contributed by atoms with Gasteiger partial charge < -0.3 is 10.6 Å². The van der Waals surface area contributed by atoms with E-state index >= 15 is 0 Å². The molecule has 1 aromatic heterocycles. The van der Waals surface area contributed by atoms with Crippen LogP contribution >= 0.6 is 0 Å². The summed E-state index contributed by atoms with van der Waals surface area (Å²) in [7, 11) is 0. The maximum Gasteiger partial charge on any atom is 0.251 e. The van der Waals surface area contributed by atoms with E-state index in [1.54, 1.807) is 28.9 Å². The lowest BCUT2D eigenvalue weighted by atomic mass is 10.1. The Morgan fingerprint density at radius 1 is 0.774 bits per heavy atom. The van der Waals surface area contributed by atoms with Gasteiger partial charge in [-0.05, 0) is 24.3 Å². The molecule has 4 rings (SSSR count). The van der Waals surface area contributed by atoms with Crippen LogP contribution in [0.15, 0.2) is 97.2 Å². The Hall–Kier alpha value is -4.19. The Labute approximate surface area is 180 Å². The van der Waals surface area contributed by atoms with E-state index in [1.165, 1.54) is 0 Å². The molecule has 6 nitrogen and oxygen atoms in total. The lowest BCUT2D eigenvalue weighted by Gasteiger charge is -2.07. The molecule has 0 aliphatic rings. The maximum absolute atomic E-state index is 12.3. The second-order valence-corrected chi connectivity index (χ2v) is 6.97. The minimum absolute atomic E-state index is 0.0960. The normalized spacial score (nSPS) is 10.5. The van der Waals surface area contributed by atoms with Gasteiger partial charge in [-0.1, -0.05) is 66.7 Å². The van der Waals surface area contributed by atoms with Crippen LogP contribution in [0.4, 0.5) is 0 Å². The van der Waals surface area contributed by atoms with Gasteiger partial charge in [0, 0.05) is 29.4 Å². The standard InChI is InChI=1S/C25H22N4O2/c30-23(17-27-25(31)20-12-6-2-7-13-20)26-16-21-18-29(22-14-8-3-9-15-22)28-24(21)19-10-4-1-5-11-19/h1-15,18H,16-17H2,(H,26,30)(H,27,31). The number of nitrogens with one attached hydrogen (secondary N) is 2. The SMILES string of the molecule is O=C(CNC(=O)c1ccccc1)NCc1cn(-c2ccccc2)nc1-c1ccccc1. The molecule has 0 saturated carbocycles. The van der Waals surface area contributed by atoms with Crippen molar-refractivity contribution in [2.45, 2.75) is 6.54 Å². The molecule has 2 amide bonds. The van der Waals surface area contributed by atoms with Crippen LogP contribution < -0.4 is 10.6 Å². The highest BCUT2D eigenvalue weighted by Crippen LogP contribution is 2.23. The molecule has 0 radical (unpaired) electrons. The third kappa shape index (κ3) is 5.05. The number of para-hydroxylation sites is 1. The molecule has 0 aliphatic heterocycles. The Morgan fingerprint density at radius 2 is 1.39 bits per heavy atom. The van der Waals surface area contributed by atoms with Crippen molar-refractivity contribution in [1.82, 2.24) is 20.4 Å². The summed E-state index contributed by atoms with van der Waals surface area (Å²) in [5, 5.41) is 10.3. The first-order valence-electron chi connectivity index (χ1n) is 10.00. The van der Waals surface area contributed by atoms with Gasteiger partial charge in [-0.3, -0.25) is 9.59 Å². The van der Waals surface area contributed by atoms with Crippen LogP contribution in [-0.4, -0.2) is 28.1 Å². The first-order valence-corrected chi connectivity index (χ1v) is 10.00. The molecule has 2 N–H and O–H groups in total. The molecule has 6 heteroatoms. The second kappa shape index (κ2) is 9.54. The summed E-state index contributed by atoms with van der Waals surface area (Å²) in [6.07, 6.45) is 1.92. The summed E-state index contributed by atoms with van der Waals surface area (Å²) in [6, 6.07) is 28.5. The van der Waals surface area contributed by atoms with E-state index < -0.39 is 0 Å². The van der Waals surface area contributed by atoms with Crippen LogP contribution in [0.25, 0.3) is 16.9 Å². The number of hydrogen-bond donors (Lipinski definition) is 2. The zero-order valence-electron chi connectivity index (χ0n) is 16.9. The molecule has 0 unspecified atom stereocenters. The molecule has 0 atom stereocenters. The molecule has 0 saturated heterocycles. The lowest BCUT2D eigenvalue weighted by molar-refractivity contribution is -0.120. The van der Waals surface area contributed by atoms with Crippen LogP contribution in [-0.2, 0) is 11.3 Å². The number of nitrogens with zero attached hydrogens (tertiary/aromatic N) is 2. The minimum Gasteiger partial charge on any atom is -0.350 e. The summed E-state index contributed by atoms with van der Waals surface area (Å²) >= 11 is 0. The fourth-order valence-corrected chi connectivity index (χ4v) is 3.20. The Bertz CT molecular complexity index is 1160. The van der Waals surface area contributed by atoms with Crippen molar-refractivity contribution in [1.29, 1.82) is 0 Å². The predicted molar refractivity (Wildman–Crippen MR) is 120 cm³/mol. The fourth-order valence-electron chi connectivity index (χ4n) is 3.20. The Balaban J connectivity index is 1.45. The monoisotopic (exact) mass is 410 g/mol. The number of aromatic nitrogens is 2. The third-order valence-corrected chi connectivity index (χ3v) is 4.78. The van der Waals surface area contributed by atoms with Crippen molar-refractivity contribution in [2.24, 2.45) is 0 Å². The lowest BCUT2D eigenvalue weighted by Crippen LogP contribution is -2.36. The molecular formula is C25H22N4O2. The van der Waals surface area contributed by atoms with Crippen LogP contribution in [0.2, 0.25) is 0 Å². The average molecular weight is 410 g/mol. The quantitative estimate of drug-likeness (QED) is 0.489. The van der Waals surface area contributed by atoms with E-state index in [4.69, 9.17) is 5.10 Å². The van der Waals surface area contributed by atoms with Gasteiger partial charge in [0.25, 0.3) is 5.91 Å². The largest absolute Gasteiger partial charge is 0.350 e. The zero-order valence-corrected chi connectivity index (χ0v) is 16.9. The fraction of sp³-hybridized carbons (Fsp3) is 0.0800. The van der Waals surface area contributed by atoms with E-state index in [0.717, 1.165) is 22.5 Å². The summed E-state index contributed by atoms with van der Waals surface area (Å²) in [6.45, 7) is 0.207. The highest BCUT2D eigenvalue weighted by molar-refractivity contribution is 5.96. The molecule has 0 aliphatic carbocycles. The van der Waals surface area contributed by atoms with E-state index in [1.807, 2.05) is 72.9 Å². The molecule has 0 spiro atoms. The Morgan fingerprint density at radius 3 is 2.06 bits per heavy atom. The third-order valence-electron chi connectivity index (χ3n) is 4.78. The first kappa shape index (κ1) is 20.1. The highest BCUT2D eigenvalue weighted by Gasteiger charge is 2.14. The van der Waals surface area contributed by atoms with Gasteiger partial charge in [-0.25, -0.2) is 4.68 Å². The number of carbonyl (C=O) groups excluding carboxylic acids is 2. The summed E-state index contributed by atoms with van der Waals surface area (Å²) in [5.74, 6) is -0.548. The zero-order chi connectivity index (χ0) is 21.5. The van der Waals surface area contributed by atoms with Gasteiger partial charge >= 0.3 is 0 Å². The van der Waals surface area contributed by atoms with E-state index in [-0.39, 0.29) is 18.4 Å². The number of benzene rings is 3. The van der Waals surface area contributed by atoms with Crippen LogP contribution in [0, 0.1) is 0 Å². The molecule has 1 heterocycles. The second-order valence-electron chi connectivity index (χ2n) is 6.97. The highest BCUT2D eigenvalue weighted by atomic mass is 16.2. The van der Waals surface area contributed by atoms with Gasteiger partial charge in [0.15, 0.2) is 0 Å². The van der Waals surface area contributed by atoms with Crippen molar-refractivity contribution < 1.29 is 9.59 Å². The maximum atomic E-state index is 12.3. The molecule has 4 aromatic rings. The van der Waals surface area contributed by atoms with Crippen molar-refractivity contribution in [2.75, 3.05) is 6.54 Å². The van der Waals surface area contributed by atoms with Gasteiger partial charge in [0.05, 0.1) is 17.9 Å². The number of carbonyl (C=O) groups is 2. The predicted octanol–water partition coefficient (Wildman–Crippen LogP) is 3.59. The smallest absolute Gasteiger partial charge is 0.251 e. The molecule has 0 fully saturated rings. The topological polar surface area (TPSA) is 76.0 Å². The molecule has 31 heavy (non-hydrogen) atoms. The molecule has 0 bridgehead atoms. The average Bonchev–Trinajstić information content (AvgIpc) is 3.27. The number of rotatable bonds is 7. The van der Waals surface area contributed by atoms with Crippen molar-refractivity contribution >= 4 is 11.8 Å². The first-order chi connectivity index (χ1) is 15.2. The van der Waals surface area contributed by atoms with E-state index in [2.05, 4.69) is 10.6 Å². The van der Waals surface area contributed by atoms with Crippen LogP contribution in [0.1, 0.15) is 15.9 Å². The van der Waals surface area contributed by atoms with Gasteiger partial charge in [0.2, 0.25) is 5.91 Å². The van der Waals surface area contributed by atoms with Crippen LogP contribution in [0.3, 0.4) is 0 Å². The van der Waals surface area contributed by atoms with Gasteiger partial charge in [-0.15, -0.1) is 0 Å². The van der Waals surface area contributed by atoms with Crippen molar-refractivity contribution in [3.05, 3.63) is 108 Å².